The first-order chi connectivity index (χ1) is 15.7. The number of hydrogen-bond donors (Lipinski definition) is 1. The molecule has 0 fully saturated rings. The molecule has 0 aliphatic rings. The van der Waals surface area contributed by atoms with E-state index in [0.717, 1.165) is 29.7 Å². The smallest absolute Gasteiger partial charge is 0.434 e. The van der Waals surface area contributed by atoms with Crippen molar-refractivity contribution in [3.8, 4) is 22.7 Å². The van der Waals surface area contributed by atoms with Gasteiger partial charge in [0, 0.05) is 10.9 Å². The molecule has 12 heteroatoms. The molecule has 6 nitrogen and oxygen atoms in total. The van der Waals surface area contributed by atoms with Crippen LogP contribution in [-0.2, 0) is 6.18 Å². The van der Waals surface area contributed by atoms with E-state index in [1.807, 2.05) is 0 Å². The van der Waals surface area contributed by atoms with Crippen LogP contribution in [0, 0.1) is 5.82 Å². The number of aromatic nitrogens is 3. The van der Waals surface area contributed by atoms with E-state index in [0.29, 0.717) is 26.7 Å². The highest BCUT2D eigenvalue weighted by molar-refractivity contribution is 7.14. The average molecular weight is 497 g/mol. The van der Waals surface area contributed by atoms with Crippen LogP contribution in [0.5, 0.6) is 5.75 Å². The third-order valence-corrected chi connectivity index (χ3v) is 5.59. The van der Waals surface area contributed by atoms with Gasteiger partial charge in [0.05, 0.1) is 29.6 Å². The van der Waals surface area contributed by atoms with Gasteiger partial charge in [-0.1, -0.05) is 23.7 Å². The predicted octanol–water partition coefficient (Wildman–Crippen LogP) is 6.07. The van der Waals surface area contributed by atoms with E-state index in [1.54, 1.807) is 23.6 Å². The number of nitrogens with one attached hydrogen (secondary N) is 1. The Morgan fingerprint density at radius 1 is 1.21 bits per heavy atom. The van der Waals surface area contributed by atoms with Crippen molar-refractivity contribution in [2.24, 2.45) is 0 Å². The Balaban J connectivity index is 1.64. The number of ether oxygens (including phenoxy) is 1. The zero-order valence-corrected chi connectivity index (χ0v) is 18.2. The summed E-state index contributed by atoms with van der Waals surface area (Å²) in [6.07, 6.45) is -4.23. The van der Waals surface area contributed by atoms with Gasteiger partial charge < -0.3 is 4.74 Å². The molecule has 33 heavy (non-hydrogen) atoms. The standard InChI is InChI=1S/C21H13ClF4N4O2S/c1-32-17-7-6-11(8-13(17)22)15-10-33-20(28-15)29-19(31)12-9-27-30(18(12)21(24,25)26)16-5-3-2-4-14(16)23/h2-10H,1H3,(H,28,29,31). The van der Waals surface area contributed by atoms with Crippen LogP contribution in [0.2, 0.25) is 5.02 Å². The van der Waals surface area contributed by atoms with Gasteiger partial charge in [-0.3, -0.25) is 10.1 Å². The van der Waals surface area contributed by atoms with Crippen LogP contribution >= 0.6 is 22.9 Å². The highest BCUT2D eigenvalue weighted by Gasteiger charge is 2.41. The normalized spacial score (nSPS) is 11.5. The minimum absolute atomic E-state index is 0.0636. The summed E-state index contributed by atoms with van der Waals surface area (Å²) in [5, 5.41) is 7.98. The van der Waals surface area contributed by atoms with E-state index in [9.17, 15) is 22.4 Å². The van der Waals surface area contributed by atoms with Gasteiger partial charge in [-0.15, -0.1) is 11.3 Å². The lowest BCUT2D eigenvalue weighted by molar-refractivity contribution is -0.143. The number of hydrogen-bond acceptors (Lipinski definition) is 5. The Bertz CT molecular complexity index is 1340. The van der Waals surface area contributed by atoms with Crippen molar-refractivity contribution in [2.45, 2.75) is 6.18 Å². The zero-order chi connectivity index (χ0) is 23.8. The van der Waals surface area contributed by atoms with Crippen LogP contribution in [0.1, 0.15) is 16.1 Å². The van der Waals surface area contributed by atoms with Crippen LogP contribution < -0.4 is 10.1 Å². The maximum Gasteiger partial charge on any atom is 0.434 e. The summed E-state index contributed by atoms with van der Waals surface area (Å²) in [6.45, 7) is 0. The number of benzene rings is 2. The quantitative estimate of drug-likeness (QED) is 0.341. The largest absolute Gasteiger partial charge is 0.495 e. The van der Waals surface area contributed by atoms with Gasteiger partial charge in [0.1, 0.15) is 17.3 Å². The third kappa shape index (κ3) is 4.55. The molecule has 170 valence electrons. The Kier molecular flexibility index (Phi) is 6.09. The number of thiazole rings is 1. The first-order valence-corrected chi connectivity index (χ1v) is 10.5. The molecule has 0 aliphatic heterocycles. The molecule has 4 aromatic rings. The number of methoxy groups -OCH3 is 1. The minimum atomic E-state index is -4.97. The highest BCUT2D eigenvalue weighted by Crippen LogP contribution is 2.35. The Labute approximate surface area is 193 Å². The zero-order valence-electron chi connectivity index (χ0n) is 16.7. The van der Waals surface area contributed by atoms with E-state index in [4.69, 9.17) is 16.3 Å². The first-order valence-electron chi connectivity index (χ1n) is 9.20. The molecule has 2 aromatic carbocycles. The van der Waals surface area contributed by atoms with Crippen molar-refractivity contribution in [3.05, 3.63) is 76.1 Å². The van der Waals surface area contributed by atoms with Gasteiger partial charge in [0.15, 0.2) is 10.8 Å². The van der Waals surface area contributed by atoms with Gasteiger partial charge in [-0.2, -0.15) is 18.3 Å². The van der Waals surface area contributed by atoms with Gasteiger partial charge in [-0.05, 0) is 30.3 Å². The molecule has 0 saturated heterocycles. The number of anilines is 1. The van der Waals surface area contributed by atoms with Crippen LogP contribution in [0.3, 0.4) is 0 Å². The summed E-state index contributed by atoms with van der Waals surface area (Å²) in [5.41, 5.74) is -1.52. The molecule has 0 aliphatic carbocycles. The maximum atomic E-state index is 14.1. The van der Waals surface area contributed by atoms with Crippen molar-refractivity contribution in [1.29, 1.82) is 0 Å². The van der Waals surface area contributed by atoms with Crippen LogP contribution in [0.15, 0.2) is 54.0 Å². The van der Waals surface area contributed by atoms with Crippen molar-refractivity contribution in [1.82, 2.24) is 14.8 Å². The second-order valence-corrected chi connectivity index (χ2v) is 7.87. The summed E-state index contributed by atoms with van der Waals surface area (Å²) in [5.74, 6) is -1.53. The maximum absolute atomic E-state index is 14.1. The molecule has 0 radical (unpaired) electrons. The Hall–Kier alpha value is -3.44. The number of carbonyl (C=O) groups excluding carboxylic acids is 1. The monoisotopic (exact) mass is 496 g/mol. The molecule has 0 spiro atoms. The van der Waals surface area contributed by atoms with Crippen LogP contribution in [-0.4, -0.2) is 27.8 Å². The second kappa shape index (κ2) is 8.83. The van der Waals surface area contributed by atoms with Gasteiger partial charge in [-0.25, -0.2) is 14.1 Å². The lowest BCUT2D eigenvalue weighted by Crippen LogP contribution is -2.21. The van der Waals surface area contributed by atoms with E-state index in [1.165, 1.54) is 19.2 Å². The molecule has 1 N–H and O–H groups in total. The molecule has 0 unspecified atom stereocenters. The van der Waals surface area contributed by atoms with Gasteiger partial charge in [0.2, 0.25) is 0 Å². The van der Waals surface area contributed by atoms with Crippen molar-refractivity contribution < 1.29 is 27.1 Å². The number of amides is 1. The minimum Gasteiger partial charge on any atom is -0.495 e. The van der Waals surface area contributed by atoms with Gasteiger partial charge >= 0.3 is 6.18 Å². The predicted molar refractivity (Wildman–Crippen MR) is 116 cm³/mol. The summed E-state index contributed by atoms with van der Waals surface area (Å²) in [7, 11) is 1.47. The molecule has 1 amide bonds. The second-order valence-electron chi connectivity index (χ2n) is 6.61. The summed E-state index contributed by atoms with van der Waals surface area (Å²) in [4.78, 5) is 16.9. The molecule has 0 bridgehead atoms. The fourth-order valence-electron chi connectivity index (χ4n) is 3.05. The third-order valence-electron chi connectivity index (χ3n) is 4.54. The lowest BCUT2D eigenvalue weighted by Gasteiger charge is -2.13. The first kappa shape index (κ1) is 22.7. The highest BCUT2D eigenvalue weighted by atomic mass is 35.5. The Morgan fingerprint density at radius 3 is 2.64 bits per heavy atom. The average Bonchev–Trinajstić information content (AvgIpc) is 3.41. The molecule has 2 aromatic heterocycles. The fraction of sp³-hybridized carbons (Fsp3) is 0.0952. The van der Waals surface area contributed by atoms with Gasteiger partial charge in [0.25, 0.3) is 5.91 Å². The number of halogens is 5. The summed E-state index contributed by atoms with van der Waals surface area (Å²) < 4.78 is 60.9. The SMILES string of the molecule is COc1ccc(-c2csc(NC(=O)c3cnn(-c4ccccc4F)c3C(F)(F)F)n2)cc1Cl. The molecule has 0 atom stereocenters. The van der Waals surface area contributed by atoms with Crippen molar-refractivity contribution in [2.75, 3.05) is 12.4 Å². The van der Waals surface area contributed by atoms with E-state index in [2.05, 4.69) is 15.4 Å². The number of carbonyl (C=O) groups is 1. The van der Waals surface area contributed by atoms with E-state index >= 15 is 0 Å². The number of nitrogens with zero attached hydrogens (tertiary/aromatic N) is 3. The molecule has 4 rings (SSSR count). The van der Waals surface area contributed by atoms with Crippen molar-refractivity contribution in [3.63, 3.8) is 0 Å². The van der Waals surface area contributed by atoms with Crippen molar-refractivity contribution >= 4 is 34.0 Å². The molecule has 0 saturated carbocycles. The summed E-state index contributed by atoms with van der Waals surface area (Å²) >= 11 is 7.13. The molecular weight excluding hydrogens is 484 g/mol. The van der Waals surface area contributed by atoms with E-state index < -0.39 is 34.8 Å². The fourth-order valence-corrected chi connectivity index (χ4v) is 4.02. The lowest BCUT2D eigenvalue weighted by atomic mass is 10.2. The number of para-hydroxylation sites is 1. The Morgan fingerprint density at radius 2 is 1.97 bits per heavy atom. The molecule has 2 heterocycles. The molecular formula is C21H13ClF4N4O2S. The topological polar surface area (TPSA) is 69.0 Å². The van der Waals surface area contributed by atoms with Crippen LogP contribution in [0.25, 0.3) is 16.9 Å². The number of rotatable bonds is 5. The van der Waals surface area contributed by atoms with E-state index in [-0.39, 0.29) is 5.13 Å². The van der Waals surface area contributed by atoms with Crippen LogP contribution in [0.4, 0.5) is 22.7 Å². The summed E-state index contributed by atoms with van der Waals surface area (Å²) in [6, 6.07) is 9.78. The number of alkyl halides is 3.